The van der Waals surface area contributed by atoms with Gasteiger partial charge in [-0.15, -0.1) is 0 Å². The lowest BCUT2D eigenvalue weighted by Crippen LogP contribution is -2.17. The number of nitrogens with one attached hydrogen (secondary N) is 1. The van der Waals surface area contributed by atoms with Crippen LogP contribution in [0.25, 0.3) is 11.3 Å². The van der Waals surface area contributed by atoms with Crippen LogP contribution in [0.4, 0.5) is 0 Å². The van der Waals surface area contributed by atoms with Crippen LogP contribution in [-0.2, 0) is 4.74 Å². The van der Waals surface area contributed by atoms with Gasteiger partial charge in [-0.2, -0.15) is 28.2 Å². The Hall–Kier alpha value is -1.27. The highest BCUT2D eigenvalue weighted by molar-refractivity contribution is 7.99. The van der Waals surface area contributed by atoms with Crippen molar-refractivity contribution < 1.29 is 9.53 Å². The highest BCUT2D eigenvalue weighted by Crippen LogP contribution is 2.26. The first kappa shape index (κ1) is 11.8. The Kier molecular flexibility index (Phi) is 3.38. The fourth-order valence-electron chi connectivity index (χ4n) is 1.89. The molecule has 3 rings (SSSR count). The predicted molar refractivity (Wildman–Crippen MR) is 73.0 cm³/mol. The molecular weight excluding hydrogens is 268 g/mol. The molecule has 0 saturated carbocycles. The van der Waals surface area contributed by atoms with Crippen LogP contribution in [0.1, 0.15) is 16.8 Å². The monoisotopic (exact) mass is 280 g/mol. The fraction of sp³-hybridized carbons (Fsp3) is 0.333. The summed E-state index contributed by atoms with van der Waals surface area (Å²) in [5, 5.41) is 10.8. The molecule has 94 valence electrons. The van der Waals surface area contributed by atoms with Crippen LogP contribution in [0.3, 0.4) is 0 Å². The van der Waals surface area contributed by atoms with E-state index in [9.17, 15) is 4.79 Å². The van der Waals surface area contributed by atoms with Gasteiger partial charge in [0.2, 0.25) is 0 Å². The molecule has 1 fully saturated rings. The zero-order valence-electron chi connectivity index (χ0n) is 9.59. The lowest BCUT2D eigenvalue weighted by atomic mass is 10.1. The Morgan fingerprint density at radius 3 is 3.22 bits per heavy atom. The molecule has 1 N–H and O–H groups in total. The van der Waals surface area contributed by atoms with Crippen molar-refractivity contribution in [3.63, 3.8) is 0 Å². The maximum absolute atomic E-state index is 12.1. The first-order chi connectivity index (χ1) is 8.84. The summed E-state index contributed by atoms with van der Waals surface area (Å²) < 4.78 is 5.48. The van der Waals surface area contributed by atoms with Crippen LogP contribution in [0, 0.1) is 0 Å². The number of carbonyl (C=O) groups is 1. The topological polar surface area (TPSA) is 55.0 Å². The maximum Gasteiger partial charge on any atom is 0.342 e. The van der Waals surface area contributed by atoms with E-state index < -0.39 is 0 Å². The summed E-state index contributed by atoms with van der Waals surface area (Å²) in [6.07, 6.45) is 2.53. The molecule has 0 amide bonds. The molecule has 1 aliphatic heterocycles. The fourth-order valence-corrected chi connectivity index (χ4v) is 3.63. The lowest BCUT2D eigenvalue weighted by Gasteiger charge is -2.10. The number of aromatic nitrogens is 2. The van der Waals surface area contributed by atoms with E-state index in [-0.39, 0.29) is 12.1 Å². The minimum Gasteiger partial charge on any atom is -0.458 e. The van der Waals surface area contributed by atoms with Crippen LogP contribution < -0.4 is 0 Å². The summed E-state index contributed by atoms with van der Waals surface area (Å²) >= 11 is 3.41. The molecule has 2 aromatic rings. The zero-order valence-corrected chi connectivity index (χ0v) is 11.2. The second kappa shape index (κ2) is 5.16. The molecule has 1 saturated heterocycles. The maximum atomic E-state index is 12.1. The van der Waals surface area contributed by atoms with Gasteiger partial charge in [0.25, 0.3) is 0 Å². The van der Waals surface area contributed by atoms with Crippen molar-refractivity contribution in [2.24, 2.45) is 0 Å². The van der Waals surface area contributed by atoms with Crippen molar-refractivity contribution in [3.05, 3.63) is 28.6 Å². The average molecular weight is 280 g/mol. The minimum atomic E-state index is -0.280. The van der Waals surface area contributed by atoms with Gasteiger partial charge in [-0.3, -0.25) is 5.10 Å². The number of carbonyl (C=O) groups excluding carboxylic acids is 1. The summed E-state index contributed by atoms with van der Waals surface area (Å²) in [6.45, 7) is 0. The predicted octanol–water partition coefficient (Wildman–Crippen LogP) is 2.80. The Morgan fingerprint density at radius 1 is 1.56 bits per heavy atom. The van der Waals surface area contributed by atoms with Crippen molar-refractivity contribution in [1.29, 1.82) is 0 Å². The smallest absolute Gasteiger partial charge is 0.342 e. The van der Waals surface area contributed by atoms with E-state index >= 15 is 0 Å². The largest absolute Gasteiger partial charge is 0.458 e. The van der Waals surface area contributed by atoms with Crippen molar-refractivity contribution in [1.82, 2.24) is 10.2 Å². The molecule has 1 atom stereocenters. The average Bonchev–Trinajstić information content (AvgIpc) is 3.11. The van der Waals surface area contributed by atoms with Crippen LogP contribution in [0.2, 0.25) is 0 Å². The van der Waals surface area contributed by atoms with Crippen LogP contribution in [-0.4, -0.2) is 33.8 Å². The molecule has 2 aromatic heterocycles. The molecule has 4 nitrogen and oxygen atoms in total. The molecule has 1 aliphatic rings. The Morgan fingerprint density at radius 2 is 2.50 bits per heavy atom. The Balaban J connectivity index is 1.79. The third kappa shape index (κ3) is 2.30. The van der Waals surface area contributed by atoms with Gasteiger partial charge >= 0.3 is 5.97 Å². The van der Waals surface area contributed by atoms with Gasteiger partial charge in [-0.05, 0) is 23.6 Å². The van der Waals surface area contributed by atoms with Gasteiger partial charge in [0, 0.05) is 16.7 Å². The highest BCUT2D eigenvalue weighted by Gasteiger charge is 2.23. The van der Waals surface area contributed by atoms with Gasteiger partial charge in [0.05, 0.1) is 11.9 Å². The summed E-state index contributed by atoms with van der Waals surface area (Å²) in [6, 6.07) is 1.96. The number of H-pyrrole nitrogens is 1. The van der Waals surface area contributed by atoms with Crippen molar-refractivity contribution in [2.45, 2.75) is 12.5 Å². The van der Waals surface area contributed by atoms with Crippen LogP contribution in [0.15, 0.2) is 23.0 Å². The number of aromatic amines is 1. The molecule has 1 unspecified atom stereocenters. The molecule has 0 aromatic carbocycles. The zero-order chi connectivity index (χ0) is 12.4. The minimum absolute atomic E-state index is 0.0488. The van der Waals surface area contributed by atoms with E-state index in [0.717, 1.165) is 29.2 Å². The van der Waals surface area contributed by atoms with Crippen molar-refractivity contribution in [2.75, 3.05) is 11.5 Å². The molecule has 3 heterocycles. The molecule has 0 aliphatic carbocycles. The molecule has 0 radical (unpaired) electrons. The number of esters is 1. The standard InChI is InChI=1S/C12H12N2O2S2/c15-12(16-9-2-4-18-7-9)10-5-13-14-11(10)8-1-3-17-6-8/h1,3,5-6,9H,2,4,7H2,(H,13,14). The normalized spacial score (nSPS) is 19.0. The van der Waals surface area contributed by atoms with E-state index in [1.54, 1.807) is 11.3 Å². The summed E-state index contributed by atoms with van der Waals surface area (Å²) in [7, 11) is 0. The third-order valence-corrected chi connectivity index (χ3v) is 4.65. The van der Waals surface area contributed by atoms with Crippen LogP contribution >= 0.6 is 23.1 Å². The Labute approximate surface area is 113 Å². The van der Waals surface area contributed by atoms with Crippen molar-refractivity contribution in [3.8, 4) is 11.3 Å². The number of hydrogen-bond donors (Lipinski definition) is 1. The van der Waals surface area contributed by atoms with Crippen molar-refractivity contribution >= 4 is 29.1 Å². The second-order valence-corrected chi connectivity index (χ2v) is 5.99. The molecular formula is C12H12N2O2S2. The number of thiophene rings is 1. The number of ether oxygens (including phenoxy) is 1. The summed E-state index contributed by atoms with van der Waals surface area (Å²) in [4.78, 5) is 12.1. The van der Waals surface area contributed by atoms with E-state index in [1.165, 1.54) is 6.20 Å². The number of nitrogens with zero attached hydrogens (tertiary/aromatic N) is 1. The van der Waals surface area contributed by atoms with Gasteiger partial charge in [-0.1, -0.05) is 0 Å². The van der Waals surface area contributed by atoms with Gasteiger partial charge in [0.1, 0.15) is 11.7 Å². The number of hydrogen-bond acceptors (Lipinski definition) is 5. The summed E-state index contributed by atoms with van der Waals surface area (Å²) in [5.74, 6) is 1.69. The third-order valence-electron chi connectivity index (χ3n) is 2.83. The first-order valence-electron chi connectivity index (χ1n) is 5.69. The molecule has 0 bridgehead atoms. The molecule has 6 heteroatoms. The van der Waals surface area contributed by atoms with E-state index in [2.05, 4.69) is 10.2 Å². The quantitative estimate of drug-likeness (QED) is 0.878. The van der Waals surface area contributed by atoms with E-state index in [0.29, 0.717) is 5.56 Å². The lowest BCUT2D eigenvalue weighted by molar-refractivity contribution is 0.0358. The van der Waals surface area contributed by atoms with Gasteiger partial charge in [-0.25, -0.2) is 4.79 Å². The van der Waals surface area contributed by atoms with E-state index in [1.807, 2.05) is 28.6 Å². The van der Waals surface area contributed by atoms with Crippen LogP contribution in [0.5, 0.6) is 0 Å². The summed E-state index contributed by atoms with van der Waals surface area (Å²) in [5.41, 5.74) is 2.24. The van der Waals surface area contributed by atoms with Gasteiger partial charge in [0.15, 0.2) is 0 Å². The number of thioether (sulfide) groups is 1. The Bertz CT molecular complexity index is 530. The molecule has 18 heavy (non-hydrogen) atoms. The van der Waals surface area contributed by atoms with E-state index in [4.69, 9.17) is 4.74 Å². The number of rotatable bonds is 3. The highest BCUT2D eigenvalue weighted by atomic mass is 32.2. The van der Waals surface area contributed by atoms with Gasteiger partial charge < -0.3 is 4.74 Å². The SMILES string of the molecule is O=C(OC1CCSC1)c1cn[nH]c1-c1ccsc1. The second-order valence-electron chi connectivity index (χ2n) is 4.06. The molecule has 0 spiro atoms. The first-order valence-corrected chi connectivity index (χ1v) is 7.79.